The van der Waals surface area contributed by atoms with Crippen molar-refractivity contribution in [2.24, 2.45) is 0 Å². The third-order valence-electron chi connectivity index (χ3n) is 2.78. The van der Waals surface area contributed by atoms with Crippen molar-refractivity contribution in [3.63, 3.8) is 0 Å². The van der Waals surface area contributed by atoms with Crippen LogP contribution in [0.25, 0.3) is 12.2 Å². The highest BCUT2D eigenvalue weighted by Crippen LogP contribution is 2.20. The first-order valence-corrected chi connectivity index (χ1v) is 6.80. The Morgan fingerprint density at radius 2 is 2.09 bits per heavy atom. The van der Waals surface area contributed by atoms with Crippen LogP contribution in [-0.4, -0.2) is 27.7 Å². The summed E-state index contributed by atoms with van der Waals surface area (Å²) in [6, 6.07) is 8.58. The number of carbonyl (C=O) groups is 1. The van der Waals surface area contributed by atoms with E-state index in [9.17, 15) is 9.59 Å². The smallest absolute Gasteiger partial charge is 0.341 e. The number of hydrogen-bond donors (Lipinski definition) is 3. The fourth-order valence-electron chi connectivity index (χ4n) is 1.80. The molecule has 0 bridgehead atoms. The second kappa shape index (κ2) is 7.20. The first-order chi connectivity index (χ1) is 11.0. The van der Waals surface area contributed by atoms with Crippen molar-refractivity contribution >= 4 is 30.3 Å². The molecule has 0 radical (unpaired) electrons. The van der Waals surface area contributed by atoms with E-state index in [2.05, 4.69) is 9.97 Å². The molecule has 0 fully saturated rings. The molecule has 1 heterocycles. The minimum absolute atomic E-state index is 0.0983. The van der Waals surface area contributed by atoms with Crippen LogP contribution in [0.5, 0.6) is 5.75 Å². The first kappa shape index (κ1) is 16.2. The van der Waals surface area contributed by atoms with Gasteiger partial charge in [0.15, 0.2) is 11.4 Å². The van der Waals surface area contributed by atoms with Gasteiger partial charge in [-0.05, 0) is 30.4 Å². The lowest BCUT2D eigenvalue weighted by molar-refractivity contribution is -0.139. The topological polar surface area (TPSA) is 119 Å². The Kier molecular flexibility index (Phi) is 5.07. The van der Waals surface area contributed by atoms with Gasteiger partial charge in [0.2, 0.25) is 0 Å². The van der Waals surface area contributed by atoms with Crippen LogP contribution in [0.4, 0.5) is 0 Å². The van der Waals surface area contributed by atoms with Crippen LogP contribution in [0.2, 0.25) is 0 Å². The van der Waals surface area contributed by atoms with Gasteiger partial charge in [0, 0.05) is 5.56 Å². The highest BCUT2D eigenvalue weighted by atomic mass is 32.1. The zero-order valence-corrected chi connectivity index (χ0v) is 12.5. The molecule has 8 heteroatoms. The van der Waals surface area contributed by atoms with Crippen molar-refractivity contribution in [2.45, 2.75) is 0 Å². The number of carboxylic acid groups (broad SMARTS) is 1. The standard InChI is InChI=1S/C15H11N3O4S/c16-7-10-11(17-15(23)18-14(10)21)6-5-9-3-1-2-4-12(9)22-8-13(19)20/h1-6H,8H2,(H,19,20)(H2,17,18,21,23). The van der Waals surface area contributed by atoms with E-state index in [0.29, 0.717) is 11.3 Å². The maximum Gasteiger partial charge on any atom is 0.341 e. The molecule has 2 rings (SSSR count). The molecular formula is C15H11N3O4S. The van der Waals surface area contributed by atoms with E-state index in [1.807, 2.05) is 0 Å². The molecule has 0 saturated carbocycles. The number of para-hydroxylation sites is 1. The average molecular weight is 329 g/mol. The Balaban J connectivity index is 2.39. The van der Waals surface area contributed by atoms with Gasteiger partial charge in [-0.1, -0.05) is 18.2 Å². The molecule has 0 saturated heterocycles. The Morgan fingerprint density at radius 3 is 2.78 bits per heavy atom. The summed E-state index contributed by atoms with van der Waals surface area (Å²) in [7, 11) is 0. The molecule has 23 heavy (non-hydrogen) atoms. The molecule has 1 aromatic carbocycles. The molecule has 3 N–H and O–H groups in total. The van der Waals surface area contributed by atoms with Crippen LogP contribution in [0, 0.1) is 16.1 Å². The highest BCUT2D eigenvalue weighted by molar-refractivity contribution is 7.71. The minimum atomic E-state index is -1.09. The van der Waals surface area contributed by atoms with E-state index < -0.39 is 18.1 Å². The molecule has 0 aliphatic heterocycles. The summed E-state index contributed by atoms with van der Waals surface area (Å²) in [5, 5.41) is 17.7. The predicted molar refractivity (Wildman–Crippen MR) is 85.5 cm³/mol. The van der Waals surface area contributed by atoms with Gasteiger partial charge in [0.05, 0.1) is 5.69 Å². The Morgan fingerprint density at radius 1 is 1.35 bits per heavy atom. The van der Waals surface area contributed by atoms with Crippen LogP contribution < -0.4 is 10.3 Å². The normalized spacial score (nSPS) is 10.4. The number of nitriles is 1. The first-order valence-electron chi connectivity index (χ1n) is 6.39. The number of hydrogen-bond acceptors (Lipinski definition) is 5. The molecule has 0 atom stereocenters. The maximum absolute atomic E-state index is 11.7. The summed E-state index contributed by atoms with van der Waals surface area (Å²) in [6.07, 6.45) is 3.10. The van der Waals surface area contributed by atoms with Crippen molar-refractivity contribution < 1.29 is 14.6 Å². The van der Waals surface area contributed by atoms with Crippen LogP contribution in [0.3, 0.4) is 0 Å². The van der Waals surface area contributed by atoms with E-state index in [1.54, 1.807) is 36.4 Å². The van der Waals surface area contributed by atoms with Gasteiger partial charge in [-0.2, -0.15) is 5.26 Å². The van der Waals surface area contributed by atoms with E-state index in [4.69, 9.17) is 27.3 Å². The molecule has 1 aromatic heterocycles. The molecule has 2 aromatic rings. The Hall–Kier alpha value is -3.18. The summed E-state index contributed by atoms with van der Waals surface area (Å²) in [5.74, 6) is -0.720. The SMILES string of the molecule is N#Cc1c(C=Cc2ccccc2OCC(=O)O)[nH]c(=S)[nH]c1=O. The zero-order chi connectivity index (χ0) is 16.8. The number of aliphatic carboxylic acids is 1. The number of ether oxygens (including phenoxy) is 1. The average Bonchev–Trinajstić information content (AvgIpc) is 2.51. The third-order valence-corrected chi connectivity index (χ3v) is 2.99. The quantitative estimate of drug-likeness (QED) is 0.721. The number of H-pyrrole nitrogens is 2. The number of rotatable bonds is 5. The predicted octanol–water partition coefficient (Wildman–Crippen LogP) is 1.94. The fraction of sp³-hybridized carbons (Fsp3) is 0.0667. The van der Waals surface area contributed by atoms with Gasteiger partial charge in [0.25, 0.3) is 5.56 Å². The van der Waals surface area contributed by atoms with Gasteiger partial charge in [-0.15, -0.1) is 0 Å². The van der Waals surface area contributed by atoms with Crippen molar-refractivity contribution in [1.82, 2.24) is 9.97 Å². The number of nitrogens with zero attached hydrogens (tertiary/aromatic N) is 1. The maximum atomic E-state index is 11.7. The number of aromatic nitrogens is 2. The van der Waals surface area contributed by atoms with Crippen molar-refractivity contribution in [3.8, 4) is 11.8 Å². The molecule has 0 spiro atoms. The minimum Gasteiger partial charge on any atom is -0.481 e. The largest absolute Gasteiger partial charge is 0.481 e. The van der Waals surface area contributed by atoms with Crippen LogP contribution >= 0.6 is 12.2 Å². The fourth-order valence-corrected chi connectivity index (χ4v) is 2.00. The van der Waals surface area contributed by atoms with Gasteiger partial charge in [-0.25, -0.2) is 4.79 Å². The number of nitrogens with one attached hydrogen (secondary N) is 2. The number of benzene rings is 1. The lowest BCUT2D eigenvalue weighted by Crippen LogP contribution is -2.13. The monoisotopic (exact) mass is 329 g/mol. The molecule has 0 aliphatic carbocycles. The van der Waals surface area contributed by atoms with Crippen molar-refractivity contribution in [3.05, 3.63) is 56.2 Å². The summed E-state index contributed by atoms with van der Waals surface area (Å²) >= 11 is 4.88. The van der Waals surface area contributed by atoms with E-state index in [0.717, 1.165) is 0 Å². The van der Waals surface area contributed by atoms with Gasteiger partial charge in [-0.3, -0.25) is 9.78 Å². The highest BCUT2D eigenvalue weighted by Gasteiger charge is 2.06. The lowest BCUT2D eigenvalue weighted by atomic mass is 10.1. The van der Waals surface area contributed by atoms with Crippen molar-refractivity contribution in [2.75, 3.05) is 6.61 Å². The third kappa shape index (κ3) is 4.15. The molecule has 0 amide bonds. The molecule has 0 aliphatic rings. The second-order valence-corrected chi connectivity index (χ2v) is 4.77. The summed E-state index contributed by atoms with van der Waals surface area (Å²) in [4.78, 5) is 27.3. The van der Waals surface area contributed by atoms with Gasteiger partial charge < -0.3 is 14.8 Å². The Labute approximate surface area is 135 Å². The number of aromatic amines is 2. The number of carboxylic acids is 1. The molecule has 116 valence electrons. The van der Waals surface area contributed by atoms with Gasteiger partial charge >= 0.3 is 5.97 Å². The molecule has 0 unspecified atom stereocenters. The second-order valence-electron chi connectivity index (χ2n) is 4.36. The Bertz CT molecular complexity index is 921. The van der Waals surface area contributed by atoms with Crippen LogP contribution in [0.1, 0.15) is 16.8 Å². The van der Waals surface area contributed by atoms with E-state index >= 15 is 0 Å². The van der Waals surface area contributed by atoms with E-state index in [-0.39, 0.29) is 16.0 Å². The molecular weight excluding hydrogens is 318 g/mol. The van der Waals surface area contributed by atoms with E-state index in [1.165, 1.54) is 6.08 Å². The summed E-state index contributed by atoms with van der Waals surface area (Å²) in [5.41, 5.74) is 0.177. The summed E-state index contributed by atoms with van der Waals surface area (Å²) < 4.78 is 5.28. The van der Waals surface area contributed by atoms with Crippen LogP contribution in [-0.2, 0) is 4.79 Å². The summed E-state index contributed by atoms with van der Waals surface area (Å²) in [6.45, 7) is -0.470. The van der Waals surface area contributed by atoms with Gasteiger partial charge in [0.1, 0.15) is 17.4 Å². The van der Waals surface area contributed by atoms with Crippen molar-refractivity contribution in [1.29, 1.82) is 5.26 Å². The molecule has 7 nitrogen and oxygen atoms in total. The lowest BCUT2D eigenvalue weighted by Gasteiger charge is -2.06. The van der Waals surface area contributed by atoms with Crippen LogP contribution in [0.15, 0.2) is 29.1 Å². The zero-order valence-electron chi connectivity index (χ0n) is 11.7.